The van der Waals surface area contributed by atoms with Crippen LogP contribution in [0.2, 0.25) is 0 Å². The van der Waals surface area contributed by atoms with Crippen LogP contribution in [0.4, 0.5) is 0 Å². The Morgan fingerprint density at radius 2 is 1.58 bits per heavy atom. The Hall–Kier alpha value is -4.44. The molecule has 5 rings (SSSR count). The van der Waals surface area contributed by atoms with Gasteiger partial charge in [0, 0.05) is 58.9 Å². The standard InChI is InChI=1S/C35H41N5O4S/c1-24(2)34-38-32(31(45-34)18-21-40(28-10-11-28)35(41)27-16-19-37-20-17-27)25-6-12-29(13-7-25)43-22-4-3-5-23-44-30-14-8-26(9-15-30)33(36)39-42/h6-9,12-17,19-20,24,28,42H,3-5,10-11,18,21-23H2,1-2H3,(H2,36,39). The number of carbonyl (C=O) groups excluding carboxylic acids is 1. The van der Waals surface area contributed by atoms with Crippen LogP contribution < -0.4 is 15.2 Å². The number of oxime groups is 1. The van der Waals surface area contributed by atoms with Crippen molar-refractivity contribution in [3.8, 4) is 22.8 Å². The van der Waals surface area contributed by atoms with Crippen LogP contribution in [0.1, 0.15) is 77.7 Å². The lowest BCUT2D eigenvalue weighted by atomic mass is 10.1. The number of ether oxygens (including phenoxy) is 2. The second kappa shape index (κ2) is 15.5. The summed E-state index contributed by atoms with van der Waals surface area (Å²) in [5.41, 5.74) is 9.00. The molecule has 2 aromatic heterocycles. The quantitative estimate of drug-likeness (QED) is 0.0455. The zero-order chi connectivity index (χ0) is 31.6. The van der Waals surface area contributed by atoms with Gasteiger partial charge in [0.1, 0.15) is 11.5 Å². The molecule has 0 radical (unpaired) electrons. The molecule has 10 heteroatoms. The number of unbranched alkanes of at least 4 members (excludes halogenated alkanes) is 2. The van der Waals surface area contributed by atoms with Crippen molar-refractivity contribution >= 4 is 23.1 Å². The number of amides is 1. The normalized spacial score (nSPS) is 13.2. The van der Waals surface area contributed by atoms with Crippen LogP contribution in [0.5, 0.6) is 11.5 Å². The maximum absolute atomic E-state index is 13.3. The van der Waals surface area contributed by atoms with E-state index in [4.69, 9.17) is 25.4 Å². The van der Waals surface area contributed by atoms with Crippen molar-refractivity contribution in [3.63, 3.8) is 0 Å². The number of carbonyl (C=O) groups is 1. The van der Waals surface area contributed by atoms with Gasteiger partial charge in [0.25, 0.3) is 5.91 Å². The van der Waals surface area contributed by atoms with Crippen molar-refractivity contribution in [3.05, 3.63) is 94.1 Å². The van der Waals surface area contributed by atoms with Gasteiger partial charge in [0.2, 0.25) is 0 Å². The maximum Gasteiger partial charge on any atom is 0.254 e. The molecule has 1 amide bonds. The second-order valence-electron chi connectivity index (χ2n) is 11.5. The zero-order valence-corrected chi connectivity index (χ0v) is 26.7. The number of nitrogens with two attached hydrogens (primary N) is 1. The first-order valence-electron chi connectivity index (χ1n) is 15.6. The van der Waals surface area contributed by atoms with Gasteiger partial charge >= 0.3 is 0 Å². The molecule has 1 saturated carbocycles. The van der Waals surface area contributed by atoms with E-state index >= 15 is 0 Å². The number of pyridine rings is 1. The van der Waals surface area contributed by atoms with Crippen LogP contribution >= 0.6 is 11.3 Å². The number of nitrogens with zero attached hydrogens (tertiary/aromatic N) is 4. The summed E-state index contributed by atoms with van der Waals surface area (Å²) in [5.74, 6) is 2.08. The predicted octanol–water partition coefficient (Wildman–Crippen LogP) is 6.90. The van der Waals surface area contributed by atoms with Crippen LogP contribution in [0.15, 0.2) is 78.2 Å². The van der Waals surface area contributed by atoms with Gasteiger partial charge in [-0.2, -0.15) is 0 Å². The highest BCUT2D eigenvalue weighted by Gasteiger charge is 2.33. The summed E-state index contributed by atoms with van der Waals surface area (Å²) in [7, 11) is 0. The van der Waals surface area contributed by atoms with E-state index in [0.29, 0.717) is 42.8 Å². The van der Waals surface area contributed by atoms with E-state index in [1.165, 1.54) is 4.88 Å². The SMILES string of the molecule is CC(C)c1nc(-c2ccc(OCCCCCOc3ccc(/C(N)=N\O)cc3)cc2)c(CCN(C(=O)c2ccncc2)C2CC2)s1. The fourth-order valence-corrected chi connectivity index (χ4v) is 6.06. The number of rotatable bonds is 16. The van der Waals surface area contributed by atoms with Crippen molar-refractivity contribution in [1.82, 2.24) is 14.9 Å². The smallest absolute Gasteiger partial charge is 0.254 e. The third kappa shape index (κ3) is 8.82. The molecule has 0 spiro atoms. The Morgan fingerprint density at radius 3 is 2.16 bits per heavy atom. The molecule has 2 aromatic carbocycles. The van der Waals surface area contributed by atoms with Crippen LogP contribution in [-0.2, 0) is 6.42 Å². The minimum atomic E-state index is 0.0758. The number of hydrogen-bond acceptors (Lipinski definition) is 8. The molecule has 3 N–H and O–H groups in total. The summed E-state index contributed by atoms with van der Waals surface area (Å²) >= 11 is 1.75. The molecule has 0 atom stereocenters. The third-order valence-corrected chi connectivity index (χ3v) is 9.09. The van der Waals surface area contributed by atoms with Gasteiger partial charge in [-0.25, -0.2) is 4.98 Å². The van der Waals surface area contributed by atoms with E-state index in [1.54, 1.807) is 48.0 Å². The fraction of sp³-hybridized carbons (Fsp3) is 0.371. The van der Waals surface area contributed by atoms with Gasteiger partial charge in [-0.3, -0.25) is 9.78 Å². The van der Waals surface area contributed by atoms with E-state index < -0.39 is 0 Å². The van der Waals surface area contributed by atoms with Gasteiger partial charge in [-0.05, 0) is 92.8 Å². The number of aromatic nitrogens is 2. The van der Waals surface area contributed by atoms with Crippen molar-refractivity contribution in [2.75, 3.05) is 19.8 Å². The first kappa shape index (κ1) is 32.0. The summed E-state index contributed by atoms with van der Waals surface area (Å²) in [4.78, 5) is 25.6. The lowest BCUT2D eigenvalue weighted by Gasteiger charge is -2.22. The molecule has 45 heavy (non-hydrogen) atoms. The first-order chi connectivity index (χ1) is 21.9. The molecule has 1 aliphatic rings. The van der Waals surface area contributed by atoms with Crippen molar-refractivity contribution < 1.29 is 19.5 Å². The number of amidine groups is 1. The molecule has 1 aliphatic carbocycles. The van der Waals surface area contributed by atoms with E-state index in [-0.39, 0.29) is 11.7 Å². The third-order valence-electron chi connectivity index (χ3n) is 7.68. The Labute approximate surface area is 268 Å². The van der Waals surface area contributed by atoms with E-state index in [0.717, 1.165) is 66.3 Å². The van der Waals surface area contributed by atoms with Gasteiger partial charge in [0.05, 0.1) is 23.9 Å². The highest BCUT2D eigenvalue weighted by atomic mass is 32.1. The average Bonchev–Trinajstić information content (AvgIpc) is 3.82. The lowest BCUT2D eigenvalue weighted by molar-refractivity contribution is 0.0745. The zero-order valence-electron chi connectivity index (χ0n) is 25.9. The Morgan fingerprint density at radius 1 is 0.956 bits per heavy atom. The van der Waals surface area contributed by atoms with Crippen LogP contribution in [0.25, 0.3) is 11.3 Å². The fourth-order valence-electron chi connectivity index (χ4n) is 4.98. The average molecular weight is 628 g/mol. The van der Waals surface area contributed by atoms with E-state index in [9.17, 15) is 4.79 Å². The molecular weight excluding hydrogens is 586 g/mol. The van der Waals surface area contributed by atoms with Gasteiger partial charge in [-0.15, -0.1) is 11.3 Å². The topological polar surface area (TPSA) is 123 Å². The Bertz CT molecular complexity index is 1550. The van der Waals surface area contributed by atoms with Gasteiger partial charge < -0.3 is 25.3 Å². The van der Waals surface area contributed by atoms with Crippen LogP contribution in [0, 0.1) is 0 Å². The molecule has 0 bridgehead atoms. The summed E-state index contributed by atoms with van der Waals surface area (Å²) < 4.78 is 11.8. The van der Waals surface area contributed by atoms with Crippen LogP contribution in [0.3, 0.4) is 0 Å². The molecule has 9 nitrogen and oxygen atoms in total. The highest BCUT2D eigenvalue weighted by Crippen LogP contribution is 2.35. The van der Waals surface area contributed by atoms with E-state index in [2.05, 4.69) is 36.1 Å². The molecular formula is C35H41N5O4S. The number of benzene rings is 2. The van der Waals surface area contributed by atoms with Crippen molar-refractivity contribution in [1.29, 1.82) is 0 Å². The second-order valence-corrected chi connectivity index (χ2v) is 12.6. The van der Waals surface area contributed by atoms with Crippen molar-refractivity contribution in [2.45, 2.75) is 64.3 Å². The van der Waals surface area contributed by atoms with Gasteiger partial charge in [-0.1, -0.05) is 19.0 Å². The minimum absolute atomic E-state index is 0.0758. The summed E-state index contributed by atoms with van der Waals surface area (Å²) in [6.07, 6.45) is 9.08. The molecule has 1 fully saturated rings. The summed E-state index contributed by atoms with van der Waals surface area (Å²) in [5, 5.41) is 12.9. The molecule has 0 unspecified atom stereocenters. The maximum atomic E-state index is 13.3. The lowest BCUT2D eigenvalue weighted by Crippen LogP contribution is -2.34. The first-order valence-corrected chi connectivity index (χ1v) is 16.4. The monoisotopic (exact) mass is 627 g/mol. The highest BCUT2D eigenvalue weighted by molar-refractivity contribution is 7.12. The minimum Gasteiger partial charge on any atom is -0.494 e. The number of hydrogen-bond donors (Lipinski definition) is 2. The molecule has 0 saturated heterocycles. The van der Waals surface area contributed by atoms with Crippen molar-refractivity contribution in [2.24, 2.45) is 10.9 Å². The summed E-state index contributed by atoms with van der Waals surface area (Å²) in [6, 6.07) is 19.2. The Balaban J connectivity index is 1.10. The van der Waals surface area contributed by atoms with E-state index in [1.807, 2.05) is 29.2 Å². The molecule has 2 heterocycles. The summed E-state index contributed by atoms with van der Waals surface area (Å²) in [6.45, 7) is 6.26. The largest absolute Gasteiger partial charge is 0.494 e. The molecule has 4 aromatic rings. The molecule has 236 valence electrons. The number of thiazole rings is 1. The molecule has 0 aliphatic heterocycles. The van der Waals surface area contributed by atoms with Crippen LogP contribution in [-0.4, -0.2) is 57.6 Å². The predicted molar refractivity (Wildman–Crippen MR) is 177 cm³/mol. The Kier molecular flexibility index (Phi) is 11.0. The van der Waals surface area contributed by atoms with Gasteiger partial charge in [0.15, 0.2) is 5.84 Å².